The van der Waals surface area contributed by atoms with Gasteiger partial charge in [0.15, 0.2) is 11.5 Å². The van der Waals surface area contributed by atoms with E-state index < -0.39 is 0 Å². The van der Waals surface area contributed by atoms with E-state index >= 15 is 0 Å². The Hall–Kier alpha value is -4.00. The van der Waals surface area contributed by atoms with Crippen LogP contribution in [0.25, 0.3) is 5.82 Å². The first-order chi connectivity index (χ1) is 13.3. The van der Waals surface area contributed by atoms with Gasteiger partial charge in [-0.1, -0.05) is 18.2 Å². The number of anilines is 1. The summed E-state index contributed by atoms with van der Waals surface area (Å²) in [6.45, 7) is 0. The lowest BCUT2D eigenvalue weighted by molar-refractivity contribution is 0.102. The van der Waals surface area contributed by atoms with Crippen LogP contribution in [-0.4, -0.2) is 25.7 Å². The molecular formula is C20H15N5O2. The molecule has 27 heavy (non-hydrogen) atoms. The molecule has 0 aliphatic carbocycles. The average Bonchev–Trinajstić information content (AvgIpc) is 3.25. The molecule has 7 heteroatoms. The number of nitrogens with one attached hydrogen (secondary N) is 1. The Labute approximate surface area is 155 Å². The molecule has 132 valence electrons. The molecule has 0 bridgehead atoms. The molecule has 4 aromatic rings. The van der Waals surface area contributed by atoms with Crippen LogP contribution in [0.5, 0.6) is 11.5 Å². The number of nitrogens with zero attached hydrogens (tertiary/aromatic N) is 4. The van der Waals surface area contributed by atoms with E-state index in [1.165, 1.54) is 0 Å². The summed E-state index contributed by atoms with van der Waals surface area (Å²) in [5.74, 6) is 1.69. The van der Waals surface area contributed by atoms with Crippen LogP contribution >= 0.6 is 0 Å². The van der Waals surface area contributed by atoms with Crippen LogP contribution in [0, 0.1) is 0 Å². The van der Waals surface area contributed by atoms with Crippen molar-refractivity contribution in [3.63, 3.8) is 0 Å². The van der Waals surface area contributed by atoms with Gasteiger partial charge in [-0.15, -0.1) is 10.2 Å². The molecule has 0 fully saturated rings. The molecule has 0 atom stereocenters. The molecule has 2 heterocycles. The van der Waals surface area contributed by atoms with Crippen molar-refractivity contribution in [3.8, 4) is 17.3 Å². The van der Waals surface area contributed by atoms with Crippen molar-refractivity contribution in [3.05, 3.63) is 91.1 Å². The third kappa shape index (κ3) is 3.98. The summed E-state index contributed by atoms with van der Waals surface area (Å²) in [4.78, 5) is 16.3. The lowest BCUT2D eigenvalue weighted by Crippen LogP contribution is -2.14. The molecule has 0 saturated carbocycles. The van der Waals surface area contributed by atoms with E-state index in [-0.39, 0.29) is 11.6 Å². The number of carbonyl (C=O) groups excluding carboxylic acids is 1. The highest BCUT2D eigenvalue weighted by molar-refractivity contribution is 6.02. The molecule has 0 saturated heterocycles. The Morgan fingerprint density at radius 1 is 0.889 bits per heavy atom. The minimum Gasteiger partial charge on any atom is -0.457 e. The second kappa shape index (κ2) is 7.49. The number of hydrogen-bond donors (Lipinski definition) is 1. The molecule has 4 rings (SSSR count). The molecule has 7 nitrogen and oxygen atoms in total. The van der Waals surface area contributed by atoms with E-state index in [0.29, 0.717) is 17.3 Å². The second-order valence-corrected chi connectivity index (χ2v) is 5.64. The average molecular weight is 357 g/mol. The lowest BCUT2D eigenvalue weighted by atomic mass is 10.2. The maximum absolute atomic E-state index is 12.3. The number of hydrogen-bond acceptors (Lipinski definition) is 5. The zero-order chi connectivity index (χ0) is 18.5. The normalized spacial score (nSPS) is 10.4. The molecule has 2 aromatic heterocycles. The highest BCUT2D eigenvalue weighted by atomic mass is 16.5. The number of ether oxygens (including phenoxy) is 1. The number of imidazole rings is 1. The molecule has 0 radical (unpaired) electrons. The third-order valence-electron chi connectivity index (χ3n) is 3.74. The van der Waals surface area contributed by atoms with E-state index in [1.54, 1.807) is 59.7 Å². The predicted octanol–water partition coefficient (Wildman–Crippen LogP) is 3.71. The minimum atomic E-state index is -0.337. The topological polar surface area (TPSA) is 81.9 Å². The van der Waals surface area contributed by atoms with Crippen molar-refractivity contribution >= 4 is 11.6 Å². The minimum absolute atomic E-state index is 0.225. The standard InChI is InChI=1S/C20H15N5O2/c26-20(18-10-11-19(24-23-18)25-13-12-21-14-25)22-15-6-8-17(9-7-15)27-16-4-2-1-3-5-16/h1-14H,(H,22,26). The van der Waals surface area contributed by atoms with Crippen molar-refractivity contribution < 1.29 is 9.53 Å². The van der Waals surface area contributed by atoms with Crippen LogP contribution in [0.3, 0.4) is 0 Å². The highest BCUT2D eigenvalue weighted by Gasteiger charge is 2.09. The van der Waals surface area contributed by atoms with Gasteiger partial charge in [-0.25, -0.2) is 4.98 Å². The summed E-state index contributed by atoms with van der Waals surface area (Å²) in [6, 6.07) is 19.9. The SMILES string of the molecule is O=C(Nc1ccc(Oc2ccccc2)cc1)c1ccc(-n2ccnc2)nn1. The summed E-state index contributed by atoms with van der Waals surface area (Å²) in [5.41, 5.74) is 0.865. The maximum Gasteiger partial charge on any atom is 0.276 e. The van der Waals surface area contributed by atoms with Crippen molar-refractivity contribution in [2.75, 3.05) is 5.32 Å². The number of amides is 1. The number of benzene rings is 2. The Bertz CT molecular complexity index is 1010. The molecule has 1 amide bonds. The van der Waals surface area contributed by atoms with Gasteiger partial charge in [0, 0.05) is 18.1 Å². The van der Waals surface area contributed by atoms with Gasteiger partial charge in [0.25, 0.3) is 5.91 Å². The summed E-state index contributed by atoms with van der Waals surface area (Å²) in [6.07, 6.45) is 5.01. The van der Waals surface area contributed by atoms with Gasteiger partial charge in [0.1, 0.15) is 17.8 Å². The Morgan fingerprint density at radius 3 is 2.33 bits per heavy atom. The number of para-hydroxylation sites is 1. The number of carbonyl (C=O) groups is 1. The summed E-state index contributed by atoms with van der Waals surface area (Å²) in [7, 11) is 0. The van der Waals surface area contributed by atoms with E-state index in [4.69, 9.17) is 4.74 Å². The monoisotopic (exact) mass is 357 g/mol. The van der Waals surface area contributed by atoms with Gasteiger partial charge >= 0.3 is 0 Å². The van der Waals surface area contributed by atoms with Crippen LogP contribution in [0.1, 0.15) is 10.5 Å². The summed E-state index contributed by atoms with van der Waals surface area (Å²) >= 11 is 0. The number of aromatic nitrogens is 4. The van der Waals surface area contributed by atoms with Crippen LogP contribution in [-0.2, 0) is 0 Å². The Morgan fingerprint density at radius 2 is 1.67 bits per heavy atom. The Kier molecular flexibility index (Phi) is 4.57. The zero-order valence-corrected chi connectivity index (χ0v) is 14.2. The van der Waals surface area contributed by atoms with Gasteiger partial charge in [-0.2, -0.15) is 0 Å². The van der Waals surface area contributed by atoms with Crippen LogP contribution < -0.4 is 10.1 Å². The molecule has 0 aliphatic rings. The van der Waals surface area contributed by atoms with Gasteiger partial charge in [0.05, 0.1) is 0 Å². The maximum atomic E-state index is 12.3. The van der Waals surface area contributed by atoms with Gasteiger partial charge in [-0.3, -0.25) is 9.36 Å². The first-order valence-corrected chi connectivity index (χ1v) is 8.24. The van der Waals surface area contributed by atoms with Crippen molar-refractivity contribution in [1.29, 1.82) is 0 Å². The molecule has 2 aromatic carbocycles. The van der Waals surface area contributed by atoms with E-state index in [9.17, 15) is 4.79 Å². The zero-order valence-electron chi connectivity index (χ0n) is 14.2. The van der Waals surface area contributed by atoms with E-state index in [0.717, 1.165) is 5.75 Å². The van der Waals surface area contributed by atoms with Crippen molar-refractivity contribution in [1.82, 2.24) is 19.7 Å². The van der Waals surface area contributed by atoms with Gasteiger partial charge in [-0.05, 0) is 48.5 Å². The fraction of sp³-hybridized carbons (Fsp3) is 0. The van der Waals surface area contributed by atoms with Gasteiger partial charge in [0.2, 0.25) is 0 Å². The fourth-order valence-electron chi connectivity index (χ4n) is 2.40. The summed E-state index contributed by atoms with van der Waals surface area (Å²) in [5, 5.41) is 10.8. The highest BCUT2D eigenvalue weighted by Crippen LogP contribution is 2.22. The Balaban J connectivity index is 1.40. The van der Waals surface area contributed by atoms with E-state index in [1.807, 2.05) is 30.3 Å². The first-order valence-electron chi connectivity index (χ1n) is 8.24. The quantitative estimate of drug-likeness (QED) is 0.589. The second-order valence-electron chi connectivity index (χ2n) is 5.64. The van der Waals surface area contributed by atoms with Crippen LogP contribution in [0.2, 0.25) is 0 Å². The van der Waals surface area contributed by atoms with Crippen molar-refractivity contribution in [2.45, 2.75) is 0 Å². The third-order valence-corrected chi connectivity index (χ3v) is 3.74. The molecule has 0 unspecified atom stereocenters. The summed E-state index contributed by atoms with van der Waals surface area (Å²) < 4.78 is 7.44. The van der Waals surface area contributed by atoms with Gasteiger partial charge < -0.3 is 10.1 Å². The van der Waals surface area contributed by atoms with Crippen molar-refractivity contribution in [2.24, 2.45) is 0 Å². The number of rotatable bonds is 5. The molecule has 0 spiro atoms. The largest absolute Gasteiger partial charge is 0.457 e. The van der Waals surface area contributed by atoms with E-state index in [2.05, 4.69) is 20.5 Å². The smallest absolute Gasteiger partial charge is 0.276 e. The van der Waals surface area contributed by atoms with Crippen LogP contribution in [0.4, 0.5) is 5.69 Å². The predicted molar refractivity (Wildman–Crippen MR) is 100 cm³/mol. The molecular weight excluding hydrogens is 342 g/mol. The fourth-order valence-corrected chi connectivity index (χ4v) is 2.40. The van der Waals surface area contributed by atoms with Crippen LogP contribution in [0.15, 0.2) is 85.5 Å². The first kappa shape index (κ1) is 16.5. The molecule has 1 N–H and O–H groups in total. The molecule has 0 aliphatic heterocycles. The lowest BCUT2D eigenvalue weighted by Gasteiger charge is -2.08.